The van der Waals surface area contributed by atoms with Crippen molar-refractivity contribution in [3.63, 3.8) is 0 Å². The number of ether oxygens (including phenoxy) is 1. The number of likely N-dealkylation sites (N-methyl/N-ethyl adjacent to an activating group) is 1. The lowest BCUT2D eigenvalue weighted by molar-refractivity contribution is -0.137. The van der Waals surface area contributed by atoms with Gasteiger partial charge in [0, 0.05) is 16.9 Å². The maximum Gasteiger partial charge on any atom is 0.225 e. The molecule has 1 heterocycles. The van der Waals surface area contributed by atoms with Crippen molar-refractivity contribution < 1.29 is 9.53 Å². The van der Waals surface area contributed by atoms with Crippen molar-refractivity contribution in [3.05, 3.63) is 28.7 Å². The van der Waals surface area contributed by atoms with Crippen LogP contribution in [-0.4, -0.2) is 43.6 Å². The van der Waals surface area contributed by atoms with Crippen molar-refractivity contribution in [2.75, 3.05) is 32.8 Å². The highest BCUT2D eigenvalue weighted by molar-refractivity contribution is 9.10. The number of nitrogens with zero attached hydrogens (tertiary/aromatic N) is 1. The van der Waals surface area contributed by atoms with E-state index >= 15 is 0 Å². The van der Waals surface area contributed by atoms with Crippen molar-refractivity contribution in [2.24, 2.45) is 11.8 Å². The Kier molecular flexibility index (Phi) is 6.06. The van der Waals surface area contributed by atoms with Crippen LogP contribution in [0.5, 0.6) is 5.75 Å². The van der Waals surface area contributed by atoms with Crippen LogP contribution in [0.15, 0.2) is 28.7 Å². The molecule has 1 aliphatic heterocycles. The van der Waals surface area contributed by atoms with Crippen LogP contribution in [0, 0.1) is 11.8 Å². The van der Waals surface area contributed by atoms with E-state index in [0.717, 1.165) is 29.9 Å². The van der Waals surface area contributed by atoms with Crippen molar-refractivity contribution in [1.29, 1.82) is 0 Å². The van der Waals surface area contributed by atoms with Crippen molar-refractivity contribution in [1.82, 2.24) is 10.2 Å². The van der Waals surface area contributed by atoms with Gasteiger partial charge in [0.15, 0.2) is 0 Å². The molecule has 1 aromatic rings. The van der Waals surface area contributed by atoms with Crippen LogP contribution in [0.1, 0.15) is 13.8 Å². The standard InChI is InChI=1S/C16H23BrN2O2/c1-3-19(16(20)12(2)13-10-18-11-13)8-9-21-15-6-4-14(17)5-7-15/h4-7,12-13,18H,3,8-11H2,1-2H3. The van der Waals surface area contributed by atoms with E-state index in [0.29, 0.717) is 19.1 Å². The average molecular weight is 355 g/mol. The van der Waals surface area contributed by atoms with E-state index in [4.69, 9.17) is 4.74 Å². The number of rotatable bonds is 7. The molecule has 1 aliphatic rings. The first-order chi connectivity index (χ1) is 10.1. The molecule has 1 amide bonds. The minimum atomic E-state index is 0.0962. The van der Waals surface area contributed by atoms with Gasteiger partial charge in [-0.15, -0.1) is 0 Å². The third-order valence-electron chi connectivity index (χ3n) is 4.05. The molecule has 1 fully saturated rings. The summed E-state index contributed by atoms with van der Waals surface area (Å²) >= 11 is 3.40. The first-order valence-electron chi connectivity index (χ1n) is 7.49. The van der Waals surface area contributed by atoms with Gasteiger partial charge < -0.3 is 15.0 Å². The Labute approximate surface area is 135 Å². The summed E-state index contributed by atoms with van der Waals surface area (Å²) in [6.07, 6.45) is 0. The fourth-order valence-electron chi connectivity index (χ4n) is 2.38. The lowest BCUT2D eigenvalue weighted by atomic mass is 9.88. The van der Waals surface area contributed by atoms with Gasteiger partial charge in [-0.3, -0.25) is 4.79 Å². The summed E-state index contributed by atoms with van der Waals surface area (Å²) in [6, 6.07) is 7.74. The number of benzene rings is 1. The Balaban J connectivity index is 1.78. The van der Waals surface area contributed by atoms with Gasteiger partial charge in [0.2, 0.25) is 5.91 Å². The molecule has 1 aromatic carbocycles. The van der Waals surface area contributed by atoms with Crippen LogP contribution in [0.3, 0.4) is 0 Å². The number of amides is 1. The SMILES string of the molecule is CCN(CCOc1ccc(Br)cc1)C(=O)C(C)C1CNC1. The van der Waals surface area contributed by atoms with Crippen LogP contribution in [0.25, 0.3) is 0 Å². The summed E-state index contributed by atoms with van der Waals surface area (Å²) in [5.41, 5.74) is 0. The molecule has 0 aromatic heterocycles. The van der Waals surface area contributed by atoms with Gasteiger partial charge in [-0.25, -0.2) is 0 Å². The molecular weight excluding hydrogens is 332 g/mol. The molecule has 0 aliphatic carbocycles. The number of hydrogen-bond acceptors (Lipinski definition) is 3. The smallest absolute Gasteiger partial charge is 0.225 e. The van der Waals surface area contributed by atoms with E-state index in [9.17, 15) is 4.79 Å². The van der Waals surface area contributed by atoms with E-state index in [1.807, 2.05) is 43.0 Å². The minimum absolute atomic E-state index is 0.0962. The second kappa shape index (κ2) is 7.80. The van der Waals surface area contributed by atoms with E-state index in [-0.39, 0.29) is 11.8 Å². The predicted molar refractivity (Wildman–Crippen MR) is 87.4 cm³/mol. The zero-order valence-electron chi connectivity index (χ0n) is 12.6. The lowest BCUT2D eigenvalue weighted by Crippen LogP contribution is -2.50. The second-order valence-corrected chi connectivity index (χ2v) is 6.34. The molecule has 0 radical (unpaired) electrons. The Morgan fingerprint density at radius 1 is 1.43 bits per heavy atom. The first-order valence-corrected chi connectivity index (χ1v) is 8.29. The molecule has 116 valence electrons. The number of halogens is 1. The number of carbonyl (C=O) groups excluding carboxylic acids is 1. The van der Waals surface area contributed by atoms with Crippen LogP contribution in [-0.2, 0) is 4.79 Å². The number of hydrogen-bond donors (Lipinski definition) is 1. The van der Waals surface area contributed by atoms with Crippen LogP contribution < -0.4 is 10.1 Å². The summed E-state index contributed by atoms with van der Waals surface area (Å²) < 4.78 is 6.73. The summed E-state index contributed by atoms with van der Waals surface area (Å²) in [5.74, 6) is 1.65. The highest BCUT2D eigenvalue weighted by Gasteiger charge is 2.30. The zero-order chi connectivity index (χ0) is 15.2. The molecule has 0 saturated carbocycles. The number of carbonyl (C=O) groups is 1. The quantitative estimate of drug-likeness (QED) is 0.817. The lowest BCUT2D eigenvalue weighted by Gasteiger charge is -2.34. The van der Waals surface area contributed by atoms with Crippen LogP contribution in [0.2, 0.25) is 0 Å². The Morgan fingerprint density at radius 2 is 2.10 bits per heavy atom. The maximum atomic E-state index is 12.4. The molecule has 0 bridgehead atoms. The van der Waals surface area contributed by atoms with Crippen molar-refractivity contribution in [2.45, 2.75) is 13.8 Å². The molecule has 1 unspecified atom stereocenters. The summed E-state index contributed by atoms with van der Waals surface area (Å²) in [4.78, 5) is 14.3. The topological polar surface area (TPSA) is 41.6 Å². The third kappa shape index (κ3) is 4.45. The van der Waals surface area contributed by atoms with E-state index < -0.39 is 0 Å². The average Bonchev–Trinajstić information content (AvgIpc) is 2.43. The number of nitrogens with one attached hydrogen (secondary N) is 1. The van der Waals surface area contributed by atoms with E-state index in [1.54, 1.807) is 0 Å². The fourth-order valence-corrected chi connectivity index (χ4v) is 2.65. The molecule has 1 N–H and O–H groups in total. The molecule has 5 heteroatoms. The monoisotopic (exact) mass is 354 g/mol. The predicted octanol–water partition coefficient (Wildman–Crippen LogP) is 2.53. The molecule has 0 spiro atoms. The molecule has 2 rings (SSSR count). The van der Waals surface area contributed by atoms with Gasteiger partial charge in [0.1, 0.15) is 12.4 Å². The van der Waals surface area contributed by atoms with Gasteiger partial charge in [-0.1, -0.05) is 22.9 Å². The fraction of sp³-hybridized carbons (Fsp3) is 0.562. The Morgan fingerprint density at radius 3 is 2.62 bits per heavy atom. The molecule has 1 saturated heterocycles. The molecule has 21 heavy (non-hydrogen) atoms. The molecular formula is C16H23BrN2O2. The third-order valence-corrected chi connectivity index (χ3v) is 4.58. The molecule has 1 atom stereocenters. The first kappa shape index (κ1) is 16.3. The van der Waals surface area contributed by atoms with Gasteiger partial charge in [0.25, 0.3) is 0 Å². The van der Waals surface area contributed by atoms with Crippen LogP contribution in [0.4, 0.5) is 0 Å². The van der Waals surface area contributed by atoms with Crippen LogP contribution >= 0.6 is 15.9 Å². The van der Waals surface area contributed by atoms with Gasteiger partial charge in [-0.2, -0.15) is 0 Å². The summed E-state index contributed by atoms with van der Waals surface area (Å²) in [6.45, 7) is 7.86. The zero-order valence-corrected chi connectivity index (χ0v) is 14.2. The summed E-state index contributed by atoms with van der Waals surface area (Å²) in [7, 11) is 0. The largest absolute Gasteiger partial charge is 0.492 e. The second-order valence-electron chi connectivity index (χ2n) is 5.43. The highest BCUT2D eigenvalue weighted by Crippen LogP contribution is 2.19. The van der Waals surface area contributed by atoms with E-state index in [2.05, 4.69) is 21.2 Å². The van der Waals surface area contributed by atoms with Crippen molar-refractivity contribution in [3.8, 4) is 5.75 Å². The van der Waals surface area contributed by atoms with Gasteiger partial charge >= 0.3 is 0 Å². The Bertz CT molecular complexity index is 460. The van der Waals surface area contributed by atoms with Crippen molar-refractivity contribution >= 4 is 21.8 Å². The van der Waals surface area contributed by atoms with E-state index in [1.165, 1.54) is 0 Å². The Hall–Kier alpha value is -1.07. The maximum absolute atomic E-state index is 12.4. The summed E-state index contributed by atoms with van der Waals surface area (Å²) in [5, 5.41) is 3.22. The van der Waals surface area contributed by atoms with Gasteiger partial charge in [-0.05, 0) is 50.2 Å². The highest BCUT2D eigenvalue weighted by atomic mass is 79.9. The molecule has 4 nitrogen and oxygen atoms in total. The normalized spacial score (nSPS) is 16.1. The van der Waals surface area contributed by atoms with Gasteiger partial charge in [0.05, 0.1) is 6.54 Å². The minimum Gasteiger partial charge on any atom is -0.492 e.